The van der Waals surface area contributed by atoms with E-state index in [-0.39, 0.29) is 18.6 Å². The SMILES string of the molecule is CCCC[C@@](C=O)(OCc1ccccc1)[C@H](O)[C@@H](COC(=O)c1ccc(C)cc1)OC(=O)c1ccc(C)cc1. The number of ether oxygens (including phenoxy) is 3. The van der Waals surface area contributed by atoms with E-state index in [0.29, 0.717) is 18.3 Å². The average Bonchev–Trinajstić information content (AvgIpc) is 2.96. The molecule has 0 heterocycles. The number of aryl methyl sites for hydroxylation is 2. The van der Waals surface area contributed by atoms with Crippen molar-refractivity contribution in [3.05, 3.63) is 107 Å². The molecule has 0 saturated carbocycles. The third-order valence-corrected chi connectivity index (χ3v) is 6.54. The number of hydrogen-bond donors (Lipinski definition) is 1. The summed E-state index contributed by atoms with van der Waals surface area (Å²) < 4.78 is 17.2. The molecule has 3 aromatic carbocycles. The van der Waals surface area contributed by atoms with Gasteiger partial charge in [0.15, 0.2) is 18.0 Å². The maximum Gasteiger partial charge on any atom is 0.338 e. The molecular weight excluding hydrogens is 496 g/mol. The van der Waals surface area contributed by atoms with Crippen molar-refractivity contribution < 1.29 is 33.7 Å². The Morgan fingerprint density at radius 1 is 0.872 bits per heavy atom. The molecule has 7 nitrogen and oxygen atoms in total. The van der Waals surface area contributed by atoms with Gasteiger partial charge in [-0.3, -0.25) is 0 Å². The molecule has 3 rings (SSSR count). The van der Waals surface area contributed by atoms with Gasteiger partial charge in [-0.25, -0.2) is 9.59 Å². The summed E-state index contributed by atoms with van der Waals surface area (Å²) in [5.74, 6) is -1.36. The van der Waals surface area contributed by atoms with Crippen LogP contribution < -0.4 is 0 Å². The van der Waals surface area contributed by atoms with Gasteiger partial charge in [-0.15, -0.1) is 0 Å². The minimum absolute atomic E-state index is 0.0577. The fraction of sp³-hybridized carbons (Fsp3) is 0.344. The number of carbonyl (C=O) groups is 3. The molecule has 0 spiro atoms. The summed E-state index contributed by atoms with van der Waals surface area (Å²) in [7, 11) is 0. The van der Waals surface area contributed by atoms with Gasteiger partial charge >= 0.3 is 11.9 Å². The number of hydrogen-bond acceptors (Lipinski definition) is 7. The third-order valence-electron chi connectivity index (χ3n) is 6.54. The highest BCUT2D eigenvalue weighted by Crippen LogP contribution is 2.28. The number of carbonyl (C=O) groups excluding carboxylic acids is 3. The molecule has 3 aromatic rings. The van der Waals surface area contributed by atoms with Crippen LogP contribution >= 0.6 is 0 Å². The highest BCUT2D eigenvalue weighted by Gasteiger charge is 2.45. The highest BCUT2D eigenvalue weighted by atomic mass is 16.6. The lowest BCUT2D eigenvalue weighted by Gasteiger charge is -2.37. The molecule has 3 atom stereocenters. The van der Waals surface area contributed by atoms with Crippen LogP contribution in [-0.4, -0.2) is 47.7 Å². The molecule has 7 heteroatoms. The summed E-state index contributed by atoms with van der Waals surface area (Å²) in [4.78, 5) is 38.3. The largest absolute Gasteiger partial charge is 0.458 e. The zero-order valence-corrected chi connectivity index (χ0v) is 22.7. The van der Waals surface area contributed by atoms with Crippen molar-refractivity contribution in [2.75, 3.05) is 6.61 Å². The van der Waals surface area contributed by atoms with Gasteiger partial charge in [-0.2, -0.15) is 0 Å². The second-order valence-corrected chi connectivity index (χ2v) is 9.67. The van der Waals surface area contributed by atoms with E-state index < -0.39 is 36.4 Å². The van der Waals surface area contributed by atoms with E-state index in [4.69, 9.17) is 14.2 Å². The normalized spacial score (nSPS) is 14.1. The van der Waals surface area contributed by atoms with Gasteiger partial charge < -0.3 is 24.1 Å². The quantitative estimate of drug-likeness (QED) is 0.219. The Hall–Kier alpha value is -3.81. The molecule has 0 aliphatic heterocycles. The van der Waals surface area contributed by atoms with Gasteiger partial charge in [0.2, 0.25) is 0 Å². The van der Waals surface area contributed by atoms with Gasteiger partial charge in [0.05, 0.1) is 17.7 Å². The second-order valence-electron chi connectivity index (χ2n) is 9.67. The zero-order valence-electron chi connectivity index (χ0n) is 22.7. The summed E-state index contributed by atoms with van der Waals surface area (Å²) in [5.41, 5.74) is 1.63. The number of aliphatic hydroxyl groups excluding tert-OH is 1. The summed E-state index contributed by atoms with van der Waals surface area (Å²) in [5, 5.41) is 11.6. The van der Waals surface area contributed by atoms with Gasteiger partial charge in [-0.1, -0.05) is 85.5 Å². The smallest absolute Gasteiger partial charge is 0.338 e. The number of aliphatic hydroxyl groups is 1. The van der Waals surface area contributed by atoms with Gasteiger partial charge in [0, 0.05) is 0 Å². The lowest BCUT2D eigenvalue weighted by atomic mass is 9.88. The molecule has 0 radical (unpaired) electrons. The molecule has 0 unspecified atom stereocenters. The van der Waals surface area contributed by atoms with Gasteiger partial charge in [0.25, 0.3) is 0 Å². The first-order valence-corrected chi connectivity index (χ1v) is 13.1. The van der Waals surface area contributed by atoms with Gasteiger partial charge in [0.1, 0.15) is 12.7 Å². The minimum atomic E-state index is -1.69. The molecule has 0 fully saturated rings. The molecule has 0 saturated heterocycles. The van der Waals surface area contributed by atoms with E-state index in [1.54, 1.807) is 48.5 Å². The molecule has 0 bridgehead atoms. The first-order chi connectivity index (χ1) is 18.8. The van der Waals surface area contributed by atoms with Crippen molar-refractivity contribution in [1.82, 2.24) is 0 Å². The highest BCUT2D eigenvalue weighted by molar-refractivity contribution is 5.90. The number of esters is 2. The van der Waals surface area contributed by atoms with Crippen molar-refractivity contribution in [2.24, 2.45) is 0 Å². The van der Waals surface area contributed by atoms with Crippen LogP contribution in [0.1, 0.15) is 63.6 Å². The summed E-state index contributed by atoms with van der Waals surface area (Å²) in [6, 6.07) is 22.8. The Kier molecular flexibility index (Phi) is 11.0. The second kappa shape index (κ2) is 14.4. The summed E-state index contributed by atoms with van der Waals surface area (Å²) >= 11 is 0. The third kappa shape index (κ3) is 8.34. The average molecular weight is 533 g/mol. The van der Waals surface area contributed by atoms with Crippen molar-refractivity contribution in [1.29, 1.82) is 0 Å². The van der Waals surface area contributed by atoms with Crippen molar-refractivity contribution in [2.45, 2.75) is 64.4 Å². The summed E-state index contributed by atoms with van der Waals surface area (Å²) in [6.45, 7) is 5.33. The fourth-order valence-corrected chi connectivity index (χ4v) is 4.04. The topological polar surface area (TPSA) is 99.1 Å². The molecule has 39 heavy (non-hydrogen) atoms. The first kappa shape index (κ1) is 29.7. The van der Waals surface area contributed by atoms with Crippen molar-refractivity contribution >= 4 is 18.2 Å². The van der Waals surface area contributed by atoms with E-state index in [0.717, 1.165) is 23.1 Å². The Morgan fingerprint density at radius 2 is 1.44 bits per heavy atom. The molecule has 1 N–H and O–H groups in total. The molecule has 0 amide bonds. The summed E-state index contributed by atoms with van der Waals surface area (Å²) in [6.07, 6.45) is -0.910. The van der Waals surface area contributed by atoms with Crippen molar-refractivity contribution in [3.63, 3.8) is 0 Å². The van der Waals surface area contributed by atoms with E-state index in [1.165, 1.54) is 0 Å². The van der Waals surface area contributed by atoms with E-state index in [9.17, 15) is 19.5 Å². The maximum atomic E-state index is 13.0. The van der Waals surface area contributed by atoms with Crippen LogP contribution in [0.15, 0.2) is 78.9 Å². The maximum absolute atomic E-state index is 13.0. The molecule has 0 aliphatic carbocycles. The first-order valence-electron chi connectivity index (χ1n) is 13.1. The molecule has 0 aliphatic rings. The van der Waals surface area contributed by atoms with E-state index >= 15 is 0 Å². The van der Waals surface area contributed by atoms with Crippen LogP contribution in [0.2, 0.25) is 0 Å². The van der Waals surface area contributed by atoms with E-state index in [2.05, 4.69) is 0 Å². The lowest BCUT2D eigenvalue weighted by Crippen LogP contribution is -2.55. The van der Waals surface area contributed by atoms with Crippen LogP contribution in [-0.2, 0) is 25.6 Å². The van der Waals surface area contributed by atoms with Crippen LogP contribution in [0.5, 0.6) is 0 Å². The molecule has 0 aromatic heterocycles. The number of rotatable bonds is 14. The number of unbranched alkanes of at least 4 members (excludes halogenated alkanes) is 1. The Morgan fingerprint density at radius 3 is 1.97 bits per heavy atom. The van der Waals surface area contributed by atoms with Crippen LogP contribution in [0.4, 0.5) is 0 Å². The van der Waals surface area contributed by atoms with Crippen LogP contribution in [0, 0.1) is 13.8 Å². The Bertz CT molecular complexity index is 1210. The lowest BCUT2D eigenvalue weighted by molar-refractivity contribution is -0.177. The molecular formula is C32H36O7. The fourth-order valence-electron chi connectivity index (χ4n) is 4.04. The standard InChI is InChI=1S/C32H36O7/c1-4-5-19-32(22-33,38-20-25-9-7-6-8-10-25)29(34)28(39-31(36)27-17-13-24(3)14-18-27)21-37-30(35)26-15-11-23(2)12-16-26/h6-18,22,28-29,34H,4-5,19-21H2,1-3H3/t28-,29-,32+/m1/s1. The predicted molar refractivity (Wildman–Crippen MR) is 147 cm³/mol. The number of aldehydes is 1. The number of benzene rings is 3. The predicted octanol–water partition coefficient (Wildman–Crippen LogP) is 5.39. The Labute approximate surface area is 229 Å². The zero-order chi connectivity index (χ0) is 28.3. The van der Waals surface area contributed by atoms with Crippen molar-refractivity contribution in [3.8, 4) is 0 Å². The Balaban J connectivity index is 1.87. The van der Waals surface area contributed by atoms with Gasteiger partial charge in [-0.05, 0) is 50.1 Å². The van der Waals surface area contributed by atoms with Crippen LogP contribution in [0.25, 0.3) is 0 Å². The van der Waals surface area contributed by atoms with Crippen LogP contribution in [0.3, 0.4) is 0 Å². The van der Waals surface area contributed by atoms with E-state index in [1.807, 2.05) is 51.1 Å². The monoisotopic (exact) mass is 532 g/mol. The molecule has 206 valence electrons. The minimum Gasteiger partial charge on any atom is -0.458 e.